The van der Waals surface area contributed by atoms with Crippen LogP contribution in [0.1, 0.15) is 36.9 Å². The molecule has 0 saturated heterocycles. The van der Waals surface area contributed by atoms with Gasteiger partial charge in [0.1, 0.15) is 0 Å². The van der Waals surface area contributed by atoms with Crippen LogP contribution in [-0.2, 0) is 6.42 Å². The van der Waals surface area contributed by atoms with E-state index in [9.17, 15) is 9.90 Å². The molecule has 2 amide bonds. The number of hydrogen-bond acceptors (Lipinski definition) is 2. The minimum absolute atomic E-state index is 0.0780. The van der Waals surface area contributed by atoms with Crippen LogP contribution in [0.4, 0.5) is 4.79 Å². The Labute approximate surface area is 126 Å². The smallest absolute Gasteiger partial charge is 0.317 e. The number of fused-ring (bicyclic) bond motifs is 1. The van der Waals surface area contributed by atoms with Gasteiger partial charge in [0.2, 0.25) is 0 Å². The first-order chi connectivity index (χ1) is 10.1. The van der Waals surface area contributed by atoms with E-state index < -0.39 is 0 Å². The van der Waals surface area contributed by atoms with Crippen molar-refractivity contribution in [3.05, 3.63) is 35.4 Å². The first-order valence-corrected chi connectivity index (χ1v) is 7.83. The van der Waals surface area contributed by atoms with E-state index in [0.29, 0.717) is 18.4 Å². The summed E-state index contributed by atoms with van der Waals surface area (Å²) in [6, 6.07) is 8.30. The SMILES string of the molecule is CC1Cc2ccccc2C1NC(=O)N(C)CC(O)C1CC1. The number of nitrogens with zero attached hydrogens (tertiary/aromatic N) is 1. The summed E-state index contributed by atoms with van der Waals surface area (Å²) in [5.41, 5.74) is 2.56. The molecule has 0 aliphatic heterocycles. The van der Waals surface area contributed by atoms with Crippen LogP contribution in [0, 0.1) is 11.8 Å². The summed E-state index contributed by atoms with van der Waals surface area (Å²) < 4.78 is 0. The quantitative estimate of drug-likeness (QED) is 0.893. The lowest BCUT2D eigenvalue weighted by molar-refractivity contribution is 0.112. The number of urea groups is 1. The molecule has 0 aromatic heterocycles. The van der Waals surface area contributed by atoms with Gasteiger partial charge in [-0.05, 0) is 42.2 Å². The highest BCUT2D eigenvalue weighted by molar-refractivity contribution is 5.74. The lowest BCUT2D eigenvalue weighted by Crippen LogP contribution is -2.43. The van der Waals surface area contributed by atoms with Crippen molar-refractivity contribution in [1.82, 2.24) is 10.2 Å². The Hall–Kier alpha value is -1.55. The van der Waals surface area contributed by atoms with Crippen molar-refractivity contribution in [3.63, 3.8) is 0 Å². The van der Waals surface area contributed by atoms with Crippen LogP contribution in [0.5, 0.6) is 0 Å². The summed E-state index contributed by atoms with van der Waals surface area (Å²) in [6.45, 7) is 2.59. The maximum Gasteiger partial charge on any atom is 0.317 e. The molecule has 114 valence electrons. The molecule has 1 aromatic carbocycles. The fourth-order valence-corrected chi connectivity index (χ4v) is 3.25. The summed E-state index contributed by atoms with van der Waals surface area (Å²) >= 11 is 0. The Bertz CT molecular complexity index is 527. The topological polar surface area (TPSA) is 52.6 Å². The summed E-state index contributed by atoms with van der Waals surface area (Å²) in [4.78, 5) is 13.9. The molecule has 0 heterocycles. The van der Waals surface area contributed by atoms with Gasteiger partial charge in [0.15, 0.2) is 0 Å². The first kappa shape index (κ1) is 14.4. The molecule has 0 radical (unpaired) electrons. The fraction of sp³-hybridized carbons (Fsp3) is 0.588. The van der Waals surface area contributed by atoms with Crippen molar-refractivity contribution in [2.24, 2.45) is 11.8 Å². The molecule has 3 atom stereocenters. The van der Waals surface area contributed by atoms with Gasteiger partial charge in [0.25, 0.3) is 0 Å². The van der Waals surface area contributed by atoms with Gasteiger partial charge in [-0.1, -0.05) is 31.2 Å². The largest absolute Gasteiger partial charge is 0.391 e. The van der Waals surface area contributed by atoms with Crippen molar-refractivity contribution in [1.29, 1.82) is 0 Å². The minimum atomic E-state index is -0.381. The number of likely N-dealkylation sites (N-methyl/N-ethyl adjacent to an activating group) is 1. The standard InChI is InChI=1S/C17H24N2O2/c1-11-9-13-5-3-4-6-14(13)16(11)18-17(21)19(2)10-15(20)12-7-8-12/h3-6,11-12,15-16,20H,7-10H2,1-2H3,(H,18,21). The maximum absolute atomic E-state index is 12.3. The number of amides is 2. The van der Waals surface area contributed by atoms with Crippen molar-refractivity contribution < 1.29 is 9.90 Å². The number of benzene rings is 1. The van der Waals surface area contributed by atoms with Crippen LogP contribution in [0.3, 0.4) is 0 Å². The van der Waals surface area contributed by atoms with Crippen LogP contribution < -0.4 is 5.32 Å². The number of carbonyl (C=O) groups excluding carboxylic acids is 1. The number of carbonyl (C=O) groups is 1. The zero-order valence-corrected chi connectivity index (χ0v) is 12.7. The molecule has 3 unspecified atom stereocenters. The number of aliphatic hydroxyl groups excluding tert-OH is 1. The maximum atomic E-state index is 12.3. The average molecular weight is 288 g/mol. The molecule has 0 spiro atoms. The Balaban J connectivity index is 1.61. The third kappa shape index (κ3) is 3.05. The van der Waals surface area contributed by atoms with Gasteiger partial charge >= 0.3 is 6.03 Å². The highest BCUT2D eigenvalue weighted by Gasteiger charge is 2.33. The van der Waals surface area contributed by atoms with Crippen LogP contribution in [0.25, 0.3) is 0 Å². The summed E-state index contributed by atoms with van der Waals surface area (Å²) in [7, 11) is 1.76. The molecule has 2 N–H and O–H groups in total. The highest BCUT2D eigenvalue weighted by Crippen LogP contribution is 2.36. The van der Waals surface area contributed by atoms with E-state index in [-0.39, 0.29) is 18.2 Å². The van der Waals surface area contributed by atoms with Gasteiger partial charge < -0.3 is 15.3 Å². The van der Waals surface area contributed by atoms with Crippen LogP contribution in [0.15, 0.2) is 24.3 Å². The van der Waals surface area contributed by atoms with E-state index in [2.05, 4.69) is 24.4 Å². The van der Waals surface area contributed by atoms with Gasteiger partial charge in [-0.15, -0.1) is 0 Å². The summed E-state index contributed by atoms with van der Waals surface area (Å²) in [5.74, 6) is 0.805. The number of hydrogen-bond donors (Lipinski definition) is 2. The predicted octanol–water partition coefficient (Wildman–Crippen LogP) is 2.33. The van der Waals surface area contributed by atoms with E-state index in [0.717, 1.165) is 19.3 Å². The van der Waals surface area contributed by atoms with Crippen molar-refractivity contribution in [2.75, 3.05) is 13.6 Å². The molecule has 1 aromatic rings. The van der Waals surface area contributed by atoms with E-state index in [4.69, 9.17) is 0 Å². The Morgan fingerprint density at radius 3 is 2.86 bits per heavy atom. The van der Waals surface area contributed by atoms with Crippen molar-refractivity contribution in [3.8, 4) is 0 Å². The second kappa shape index (κ2) is 5.68. The van der Waals surface area contributed by atoms with Crippen molar-refractivity contribution >= 4 is 6.03 Å². The van der Waals surface area contributed by atoms with Crippen LogP contribution in [-0.4, -0.2) is 35.7 Å². The fourth-order valence-electron chi connectivity index (χ4n) is 3.25. The number of nitrogens with one attached hydrogen (secondary N) is 1. The molecule has 4 nitrogen and oxygen atoms in total. The molecule has 21 heavy (non-hydrogen) atoms. The van der Waals surface area contributed by atoms with E-state index >= 15 is 0 Å². The molecular formula is C17H24N2O2. The van der Waals surface area contributed by atoms with Gasteiger partial charge in [-0.2, -0.15) is 0 Å². The molecule has 1 fully saturated rings. The lowest BCUT2D eigenvalue weighted by atomic mass is 10.0. The van der Waals surface area contributed by atoms with E-state index in [1.807, 2.05) is 12.1 Å². The van der Waals surface area contributed by atoms with E-state index in [1.165, 1.54) is 11.1 Å². The summed E-state index contributed by atoms with van der Waals surface area (Å²) in [6.07, 6.45) is 2.80. The second-order valence-electron chi connectivity index (χ2n) is 6.59. The Morgan fingerprint density at radius 2 is 2.14 bits per heavy atom. The van der Waals surface area contributed by atoms with Crippen LogP contribution >= 0.6 is 0 Å². The molecule has 2 aliphatic rings. The van der Waals surface area contributed by atoms with Gasteiger partial charge in [-0.25, -0.2) is 4.79 Å². The number of rotatable bonds is 4. The van der Waals surface area contributed by atoms with Crippen LogP contribution in [0.2, 0.25) is 0 Å². The molecule has 3 rings (SSSR count). The van der Waals surface area contributed by atoms with Gasteiger partial charge in [0, 0.05) is 13.6 Å². The zero-order valence-electron chi connectivity index (χ0n) is 12.7. The molecule has 0 bridgehead atoms. The number of aliphatic hydroxyl groups is 1. The molecule has 2 aliphatic carbocycles. The lowest BCUT2D eigenvalue weighted by Gasteiger charge is -2.25. The van der Waals surface area contributed by atoms with E-state index in [1.54, 1.807) is 11.9 Å². The third-order valence-corrected chi connectivity index (χ3v) is 4.75. The van der Waals surface area contributed by atoms with Gasteiger partial charge in [-0.3, -0.25) is 0 Å². The molecule has 4 heteroatoms. The third-order valence-electron chi connectivity index (χ3n) is 4.75. The first-order valence-electron chi connectivity index (χ1n) is 7.83. The normalized spacial score (nSPS) is 25.3. The van der Waals surface area contributed by atoms with Crippen molar-refractivity contribution in [2.45, 2.75) is 38.3 Å². The average Bonchev–Trinajstić information content (AvgIpc) is 3.25. The summed E-state index contributed by atoms with van der Waals surface area (Å²) in [5, 5.41) is 13.1. The Morgan fingerprint density at radius 1 is 1.43 bits per heavy atom. The second-order valence-corrected chi connectivity index (χ2v) is 6.59. The Kier molecular flexibility index (Phi) is 3.89. The monoisotopic (exact) mass is 288 g/mol. The molecule has 1 saturated carbocycles. The predicted molar refractivity (Wildman–Crippen MR) is 81.9 cm³/mol. The van der Waals surface area contributed by atoms with Gasteiger partial charge in [0.05, 0.1) is 12.1 Å². The minimum Gasteiger partial charge on any atom is -0.391 e. The highest BCUT2D eigenvalue weighted by atomic mass is 16.3. The zero-order chi connectivity index (χ0) is 15.0. The molecular weight excluding hydrogens is 264 g/mol.